The molecule has 0 aromatic carbocycles. The Balaban J connectivity index is 2.40. The summed E-state index contributed by atoms with van der Waals surface area (Å²) in [4.78, 5) is 24.8. The van der Waals surface area contributed by atoms with Crippen LogP contribution >= 0.6 is 34.4 Å². The molecule has 2 heterocycles. The Bertz CT molecular complexity index is 530. The van der Waals surface area contributed by atoms with Crippen LogP contribution in [0, 0.1) is 0 Å². The number of aromatic nitrogens is 2. The molecule has 2 rings (SSSR count). The number of alkyl halides is 1. The molecule has 1 fully saturated rings. The predicted molar refractivity (Wildman–Crippen MR) is 72.4 cm³/mol. The van der Waals surface area contributed by atoms with Gasteiger partial charge in [-0.2, -0.15) is 0 Å². The molecule has 0 spiro atoms. The van der Waals surface area contributed by atoms with Crippen molar-refractivity contribution in [3.63, 3.8) is 0 Å². The molecule has 0 saturated carbocycles. The third-order valence-corrected chi connectivity index (χ3v) is 5.80. The van der Waals surface area contributed by atoms with Crippen LogP contribution in [0.1, 0.15) is 6.42 Å². The average Bonchev–Trinajstić information content (AvgIpc) is 2.54. The van der Waals surface area contributed by atoms with Crippen molar-refractivity contribution in [3.05, 3.63) is 33.1 Å². The molecule has 17 heavy (non-hydrogen) atoms. The molecule has 0 aliphatic carbocycles. The zero-order valence-corrected chi connectivity index (χ0v) is 11.6. The maximum atomic E-state index is 11.7. The molecule has 1 saturated heterocycles. The molecule has 1 aliphatic heterocycles. The molecular weight excluding hydrogens is 359 g/mol. The fourth-order valence-corrected chi connectivity index (χ4v) is 4.87. The predicted octanol–water partition coefficient (Wildman–Crippen LogP) is -0.559. The molecule has 0 radical (unpaired) electrons. The molecule has 1 aromatic rings. The van der Waals surface area contributed by atoms with Crippen LogP contribution < -0.4 is 11.2 Å². The number of thioether (sulfide) groups is 1. The van der Waals surface area contributed by atoms with Crippen LogP contribution in [0.5, 0.6) is 0 Å². The Hall–Kier alpha value is -0.320. The van der Waals surface area contributed by atoms with Gasteiger partial charge in [0.1, 0.15) is 2.88 Å². The fraction of sp³-hybridized carbons (Fsp3) is 0.556. The average molecular weight is 370 g/mol. The second kappa shape index (κ2) is 4.75. The molecule has 6 nitrogen and oxygen atoms in total. The van der Waals surface area contributed by atoms with E-state index >= 15 is 0 Å². The monoisotopic (exact) mass is 370 g/mol. The third kappa shape index (κ3) is 2.44. The van der Waals surface area contributed by atoms with Crippen molar-refractivity contribution in [1.29, 1.82) is 0 Å². The summed E-state index contributed by atoms with van der Waals surface area (Å²) < 4.78 is 0.699. The largest absolute Gasteiger partial charge is 0.395 e. The number of aromatic amines is 1. The highest BCUT2D eigenvalue weighted by Crippen LogP contribution is 2.51. The van der Waals surface area contributed by atoms with Crippen molar-refractivity contribution in [1.82, 2.24) is 9.55 Å². The second-order valence-corrected chi connectivity index (χ2v) is 7.81. The Morgan fingerprint density at radius 2 is 2.35 bits per heavy atom. The Labute approximate surface area is 114 Å². The smallest absolute Gasteiger partial charge is 0.330 e. The van der Waals surface area contributed by atoms with E-state index in [1.807, 2.05) is 0 Å². The van der Waals surface area contributed by atoms with Gasteiger partial charge in [0.2, 0.25) is 0 Å². The zero-order valence-electron chi connectivity index (χ0n) is 8.67. The summed E-state index contributed by atoms with van der Waals surface area (Å²) in [6.07, 6.45) is 1.09. The molecule has 1 aromatic heterocycles. The van der Waals surface area contributed by atoms with Gasteiger partial charge < -0.3 is 10.2 Å². The first-order valence-electron chi connectivity index (χ1n) is 4.94. The van der Waals surface area contributed by atoms with Gasteiger partial charge in [0.05, 0.1) is 18.0 Å². The summed E-state index contributed by atoms with van der Waals surface area (Å²) in [7, 11) is 0. The van der Waals surface area contributed by atoms with Crippen LogP contribution in [0.15, 0.2) is 21.9 Å². The molecular formula is C9H11IN2O4S. The van der Waals surface area contributed by atoms with Gasteiger partial charge in [-0.15, -0.1) is 11.8 Å². The first kappa shape index (κ1) is 13.1. The minimum atomic E-state index is -0.675. The number of H-pyrrole nitrogens is 1. The highest BCUT2D eigenvalue weighted by Gasteiger charge is 2.45. The lowest BCUT2D eigenvalue weighted by molar-refractivity contribution is 0.136. The maximum absolute atomic E-state index is 11.7. The van der Waals surface area contributed by atoms with Gasteiger partial charge >= 0.3 is 5.69 Å². The first-order chi connectivity index (χ1) is 7.96. The number of aliphatic hydroxyl groups excluding tert-OH is 2. The van der Waals surface area contributed by atoms with E-state index in [9.17, 15) is 14.7 Å². The van der Waals surface area contributed by atoms with E-state index in [1.54, 1.807) is 0 Å². The summed E-state index contributed by atoms with van der Waals surface area (Å²) in [6, 6.07) is 1.26. The van der Waals surface area contributed by atoms with E-state index in [0.717, 1.165) is 0 Å². The Morgan fingerprint density at radius 3 is 2.88 bits per heavy atom. The van der Waals surface area contributed by atoms with Gasteiger partial charge in [0.25, 0.3) is 5.56 Å². The summed E-state index contributed by atoms with van der Waals surface area (Å²) in [6.45, 7) is -0.144. The normalized spacial score (nSPS) is 32.9. The van der Waals surface area contributed by atoms with E-state index < -0.39 is 20.2 Å². The van der Waals surface area contributed by atoms with Crippen LogP contribution in [-0.2, 0) is 2.88 Å². The Kier molecular flexibility index (Phi) is 3.66. The lowest BCUT2D eigenvalue weighted by Crippen LogP contribution is -2.37. The van der Waals surface area contributed by atoms with Crippen LogP contribution in [0.25, 0.3) is 0 Å². The number of halogens is 1. The quantitative estimate of drug-likeness (QED) is 0.479. The van der Waals surface area contributed by atoms with Crippen LogP contribution in [-0.4, -0.2) is 37.7 Å². The van der Waals surface area contributed by atoms with E-state index in [2.05, 4.69) is 27.6 Å². The van der Waals surface area contributed by atoms with Gasteiger partial charge in [0, 0.05) is 18.7 Å². The molecule has 3 atom stereocenters. The molecule has 94 valence electrons. The van der Waals surface area contributed by atoms with Crippen LogP contribution in [0.3, 0.4) is 0 Å². The SMILES string of the molecule is O=c1ccn([C@@]2(I)C[C@H](O)[C@@H](CO)S2)c(=O)[nH]1. The standard InChI is InChI=1S/C9H11IN2O4S/c10-9(3-5(14)6(4-13)17-9)12-2-1-7(15)11-8(12)16/h1-2,5-6,13-14H,3-4H2,(H,11,15,16)/t5-,6+,9-/m0/s1. The lowest BCUT2D eigenvalue weighted by Gasteiger charge is -2.23. The van der Waals surface area contributed by atoms with E-state index in [1.165, 1.54) is 28.6 Å². The minimum absolute atomic E-state index is 0.144. The van der Waals surface area contributed by atoms with Gasteiger partial charge in [-0.05, 0) is 22.6 Å². The first-order valence-corrected chi connectivity index (χ1v) is 6.90. The number of nitrogens with one attached hydrogen (secondary N) is 1. The van der Waals surface area contributed by atoms with Crippen LogP contribution in [0.4, 0.5) is 0 Å². The maximum Gasteiger partial charge on any atom is 0.330 e. The molecule has 0 unspecified atom stereocenters. The number of aliphatic hydroxyl groups is 2. The second-order valence-electron chi connectivity index (χ2n) is 3.78. The number of hydrogen-bond donors (Lipinski definition) is 3. The van der Waals surface area contributed by atoms with Crippen molar-refractivity contribution in [2.75, 3.05) is 6.61 Å². The number of hydrogen-bond acceptors (Lipinski definition) is 5. The Morgan fingerprint density at radius 1 is 1.65 bits per heavy atom. The lowest BCUT2D eigenvalue weighted by atomic mass is 10.2. The van der Waals surface area contributed by atoms with Gasteiger partial charge in [-0.3, -0.25) is 14.3 Å². The van der Waals surface area contributed by atoms with Gasteiger partial charge in [-0.25, -0.2) is 4.79 Å². The van der Waals surface area contributed by atoms with E-state index in [4.69, 9.17) is 5.11 Å². The molecule has 0 amide bonds. The van der Waals surface area contributed by atoms with Crippen molar-refractivity contribution in [2.45, 2.75) is 20.7 Å². The summed E-state index contributed by atoms with van der Waals surface area (Å²) in [5.74, 6) is 0. The molecule has 1 aliphatic rings. The topological polar surface area (TPSA) is 95.3 Å². The number of nitrogens with zero attached hydrogens (tertiary/aromatic N) is 1. The van der Waals surface area contributed by atoms with Crippen LogP contribution in [0.2, 0.25) is 0 Å². The fourth-order valence-electron chi connectivity index (χ4n) is 1.74. The third-order valence-electron chi connectivity index (χ3n) is 2.59. The van der Waals surface area contributed by atoms with Gasteiger partial charge in [0.15, 0.2) is 0 Å². The summed E-state index contributed by atoms with van der Waals surface area (Å²) in [5, 5.41) is 18.5. The zero-order chi connectivity index (χ0) is 12.6. The van der Waals surface area contributed by atoms with Crippen molar-refractivity contribution >= 4 is 34.4 Å². The number of rotatable bonds is 2. The van der Waals surface area contributed by atoms with Gasteiger partial charge in [-0.1, -0.05) is 0 Å². The molecule has 0 bridgehead atoms. The van der Waals surface area contributed by atoms with E-state index in [0.29, 0.717) is 6.42 Å². The molecule has 3 N–H and O–H groups in total. The molecule has 8 heteroatoms. The summed E-state index contributed by atoms with van der Waals surface area (Å²) >= 11 is 3.38. The minimum Gasteiger partial charge on any atom is -0.395 e. The highest BCUT2D eigenvalue weighted by atomic mass is 127. The van der Waals surface area contributed by atoms with Crippen molar-refractivity contribution in [2.24, 2.45) is 0 Å². The van der Waals surface area contributed by atoms with E-state index in [-0.39, 0.29) is 11.9 Å². The highest BCUT2D eigenvalue weighted by molar-refractivity contribution is 14.1. The summed E-state index contributed by atoms with van der Waals surface area (Å²) in [5.41, 5.74) is -0.960. The van der Waals surface area contributed by atoms with Crippen molar-refractivity contribution < 1.29 is 10.2 Å². The van der Waals surface area contributed by atoms with Crippen molar-refractivity contribution in [3.8, 4) is 0 Å².